The summed E-state index contributed by atoms with van der Waals surface area (Å²) in [7, 11) is -4.00. The van der Waals surface area contributed by atoms with Crippen LogP contribution in [-0.4, -0.2) is 24.5 Å². The van der Waals surface area contributed by atoms with Gasteiger partial charge in [-0.1, -0.05) is 13.8 Å². The maximum Gasteiger partial charge on any atom is 0.265 e. The van der Waals surface area contributed by atoms with Crippen LogP contribution in [0, 0.1) is 5.92 Å². The first-order valence-electron chi connectivity index (χ1n) is 3.34. The van der Waals surface area contributed by atoms with E-state index in [0.29, 0.717) is 6.42 Å². The van der Waals surface area contributed by atoms with E-state index < -0.39 is 21.8 Å². The number of carbonyl (C=O) groups excluding carboxylic acids is 1. The Morgan fingerprint density at radius 2 is 2.00 bits per heavy atom. The van der Waals surface area contributed by atoms with E-state index in [0.717, 1.165) is 0 Å². The molecule has 0 saturated carbocycles. The minimum absolute atomic E-state index is 0.150. The van der Waals surface area contributed by atoms with Crippen molar-refractivity contribution < 1.29 is 17.8 Å². The van der Waals surface area contributed by atoms with E-state index in [1.54, 1.807) is 6.92 Å². The fourth-order valence-corrected chi connectivity index (χ4v) is 1.58. The summed E-state index contributed by atoms with van der Waals surface area (Å²) in [6.45, 7) is 3.14. The van der Waals surface area contributed by atoms with Gasteiger partial charge >= 0.3 is 0 Å². The SMILES string of the molecule is CCC(=O)C(C)CS(=O)(=O)O. The van der Waals surface area contributed by atoms with Gasteiger partial charge < -0.3 is 0 Å². The minimum Gasteiger partial charge on any atom is -0.299 e. The Bertz CT molecular complexity index is 229. The van der Waals surface area contributed by atoms with Gasteiger partial charge in [-0.05, 0) is 0 Å². The van der Waals surface area contributed by atoms with Crippen molar-refractivity contribution in [2.24, 2.45) is 5.92 Å². The van der Waals surface area contributed by atoms with Gasteiger partial charge in [-0.2, -0.15) is 8.42 Å². The molecule has 0 aliphatic rings. The molecule has 0 rings (SSSR count). The van der Waals surface area contributed by atoms with Crippen molar-refractivity contribution in [2.75, 3.05) is 5.75 Å². The molecule has 0 aromatic rings. The highest BCUT2D eigenvalue weighted by molar-refractivity contribution is 7.85. The van der Waals surface area contributed by atoms with Gasteiger partial charge in [-0.3, -0.25) is 9.35 Å². The molecule has 0 spiro atoms. The van der Waals surface area contributed by atoms with Crippen molar-refractivity contribution in [1.29, 1.82) is 0 Å². The average molecular weight is 180 g/mol. The van der Waals surface area contributed by atoms with Crippen LogP contribution in [0.15, 0.2) is 0 Å². The highest BCUT2D eigenvalue weighted by Crippen LogP contribution is 2.03. The van der Waals surface area contributed by atoms with Crippen LogP contribution in [0.1, 0.15) is 20.3 Å². The van der Waals surface area contributed by atoms with Crippen molar-refractivity contribution in [3.8, 4) is 0 Å². The Balaban J connectivity index is 4.09. The first-order chi connectivity index (χ1) is 4.87. The summed E-state index contributed by atoms with van der Waals surface area (Å²) in [6.07, 6.45) is 0.302. The van der Waals surface area contributed by atoms with Crippen LogP contribution >= 0.6 is 0 Å². The second-order valence-corrected chi connectivity index (χ2v) is 3.97. The van der Waals surface area contributed by atoms with E-state index in [4.69, 9.17) is 4.55 Å². The number of hydrogen-bond donors (Lipinski definition) is 1. The number of ketones is 1. The normalized spacial score (nSPS) is 14.5. The zero-order valence-electron chi connectivity index (χ0n) is 6.57. The molecular formula is C6H12O4S. The molecule has 5 heteroatoms. The number of hydrogen-bond acceptors (Lipinski definition) is 3. The highest BCUT2D eigenvalue weighted by atomic mass is 32.2. The molecule has 1 atom stereocenters. The van der Waals surface area contributed by atoms with Gasteiger partial charge in [-0.25, -0.2) is 0 Å². The van der Waals surface area contributed by atoms with E-state index in [1.165, 1.54) is 6.92 Å². The molecule has 0 saturated heterocycles. The Labute approximate surface area is 66.4 Å². The fourth-order valence-electron chi connectivity index (χ4n) is 0.757. The van der Waals surface area contributed by atoms with Gasteiger partial charge in [0.15, 0.2) is 0 Å². The molecule has 0 fully saturated rings. The predicted octanol–water partition coefficient (Wildman–Crippen LogP) is 0.489. The monoisotopic (exact) mass is 180 g/mol. The molecule has 0 bridgehead atoms. The summed E-state index contributed by atoms with van der Waals surface area (Å²) >= 11 is 0. The first-order valence-corrected chi connectivity index (χ1v) is 4.95. The Morgan fingerprint density at radius 1 is 1.55 bits per heavy atom. The van der Waals surface area contributed by atoms with Crippen LogP contribution in [0.25, 0.3) is 0 Å². The van der Waals surface area contributed by atoms with E-state index in [-0.39, 0.29) is 5.78 Å². The summed E-state index contributed by atoms with van der Waals surface area (Å²) in [5.74, 6) is -1.22. The molecule has 1 unspecified atom stereocenters. The lowest BCUT2D eigenvalue weighted by Gasteiger charge is -2.04. The van der Waals surface area contributed by atoms with Gasteiger partial charge in [0, 0.05) is 12.3 Å². The molecule has 0 amide bonds. The Kier molecular flexibility index (Phi) is 3.68. The van der Waals surface area contributed by atoms with Gasteiger partial charge in [0.1, 0.15) is 5.78 Å². The number of carbonyl (C=O) groups is 1. The maximum atomic E-state index is 10.8. The topological polar surface area (TPSA) is 71.4 Å². The molecular weight excluding hydrogens is 168 g/mol. The summed E-state index contributed by atoms with van der Waals surface area (Å²) in [4.78, 5) is 10.8. The molecule has 11 heavy (non-hydrogen) atoms. The third kappa shape index (κ3) is 4.92. The van der Waals surface area contributed by atoms with Crippen molar-refractivity contribution in [1.82, 2.24) is 0 Å². The number of rotatable bonds is 4. The van der Waals surface area contributed by atoms with Gasteiger partial charge in [-0.15, -0.1) is 0 Å². The summed E-state index contributed by atoms with van der Waals surface area (Å²) in [5, 5.41) is 0. The van der Waals surface area contributed by atoms with Crippen LogP contribution in [0.5, 0.6) is 0 Å². The maximum absolute atomic E-state index is 10.8. The zero-order chi connectivity index (χ0) is 9.07. The molecule has 0 heterocycles. The third-order valence-electron chi connectivity index (χ3n) is 1.36. The zero-order valence-corrected chi connectivity index (χ0v) is 7.39. The first kappa shape index (κ1) is 10.6. The number of Topliss-reactive ketones (excluding diaryl/α,β-unsaturated/α-hetero) is 1. The Morgan fingerprint density at radius 3 is 2.27 bits per heavy atom. The molecule has 0 aliphatic carbocycles. The quantitative estimate of drug-likeness (QED) is 0.639. The summed E-state index contributed by atoms with van der Waals surface area (Å²) in [5.41, 5.74) is 0. The predicted molar refractivity (Wildman–Crippen MR) is 40.9 cm³/mol. The largest absolute Gasteiger partial charge is 0.299 e. The van der Waals surface area contributed by atoms with Crippen molar-refractivity contribution in [2.45, 2.75) is 20.3 Å². The molecule has 66 valence electrons. The van der Waals surface area contributed by atoms with Crippen LogP contribution < -0.4 is 0 Å². The molecule has 0 aliphatic heterocycles. The van der Waals surface area contributed by atoms with Crippen LogP contribution in [0.2, 0.25) is 0 Å². The highest BCUT2D eigenvalue weighted by Gasteiger charge is 2.17. The van der Waals surface area contributed by atoms with E-state index in [1.807, 2.05) is 0 Å². The molecule has 4 nitrogen and oxygen atoms in total. The smallest absolute Gasteiger partial charge is 0.265 e. The second kappa shape index (κ2) is 3.82. The Hall–Kier alpha value is -0.420. The van der Waals surface area contributed by atoms with Crippen LogP contribution in [-0.2, 0) is 14.9 Å². The summed E-state index contributed by atoms with van der Waals surface area (Å²) < 4.78 is 28.9. The van der Waals surface area contributed by atoms with E-state index in [9.17, 15) is 13.2 Å². The third-order valence-corrected chi connectivity index (χ3v) is 2.28. The lowest BCUT2D eigenvalue weighted by Crippen LogP contribution is -2.20. The van der Waals surface area contributed by atoms with Crippen LogP contribution in [0.3, 0.4) is 0 Å². The van der Waals surface area contributed by atoms with E-state index >= 15 is 0 Å². The van der Waals surface area contributed by atoms with Crippen molar-refractivity contribution >= 4 is 15.9 Å². The fraction of sp³-hybridized carbons (Fsp3) is 0.833. The lowest BCUT2D eigenvalue weighted by atomic mass is 10.1. The molecule has 0 aromatic heterocycles. The minimum atomic E-state index is -4.00. The van der Waals surface area contributed by atoms with Gasteiger partial charge in [0.25, 0.3) is 10.1 Å². The van der Waals surface area contributed by atoms with Crippen LogP contribution in [0.4, 0.5) is 0 Å². The lowest BCUT2D eigenvalue weighted by molar-refractivity contribution is -0.121. The summed E-state index contributed by atoms with van der Waals surface area (Å²) in [6, 6.07) is 0. The second-order valence-electron chi connectivity index (χ2n) is 2.47. The molecule has 0 aromatic carbocycles. The van der Waals surface area contributed by atoms with Crippen molar-refractivity contribution in [3.63, 3.8) is 0 Å². The van der Waals surface area contributed by atoms with E-state index in [2.05, 4.69) is 0 Å². The molecule has 1 N–H and O–H groups in total. The van der Waals surface area contributed by atoms with Crippen molar-refractivity contribution in [3.05, 3.63) is 0 Å². The standard InChI is InChI=1S/C6H12O4S/c1-3-6(7)5(2)4-11(8,9)10/h5H,3-4H2,1-2H3,(H,8,9,10). The molecule has 0 radical (unpaired) electrons. The average Bonchev–Trinajstić information content (AvgIpc) is 1.82. The van der Waals surface area contributed by atoms with Gasteiger partial charge in [0.05, 0.1) is 5.75 Å². The van der Waals surface area contributed by atoms with Gasteiger partial charge in [0.2, 0.25) is 0 Å².